The molecule has 2 nitrogen and oxygen atoms in total. The van der Waals surface area contributed by atoms with Crippen molar-refractivity contribution in [3.05, 3.63) is 58.4 Å². The molecule has 0 aliphatic heterocycles. The van der Waals surface area contributed by atoms with Crippen molar-refractivity contribution in [1.82, 2.24) is 0 Å². The average molecular weight is 440 g/mol. The van der Waals surface area contributed by atoms with Gasteiger partial charge in [-0.25, -0.2) is 0 Å². The number of rotatable bonds is 4. The van der Waals surface area contributed by atoms with Gasteiger partial charge in [0.25, 0.3) is 0 Å². The maximum atomic E-state index is 10.8. The van der Waals surface area contributed by atoms with Crippen LogP contribution >= 0.6 is 17.9 Å². The van der Waals surface area contributed by atoms with Crippen molar-refractivity contribution in [2.45, 2.75) is 66.0 Å². The van der Waals surface area contributed by atoms with E-state index in [4.69, 9.17) is 5.32 Å². The van der Waals surface area contributed by atoms with Crippen LogP contribution in [0.3, 0.4) is 0 Å². The molecule has 5 heteroatoms. The summed E-state index contributed by atoms with van der Waals surface area (Å²) in [5, 5.41) is 17.9. The first-order valence-corrected chi connectivity index (χ1v) is 12.2. The number of benzene rings is 2. The van der Waals surface area contributed by atoms with Gasteiger partial charge in [-0.15, -0.1) is 12.1 Å². The quantitative estimate of drug-likeness (QED) is 0.461. The summed E-state index contributed by atoms with van der Waals surface area (Å²) in [5.74, 6) is 0.444. The van der Waals surface area contributed by atoms with Crippen molar-refractivity contribution >= 4 is 28.5 Å². The van der Waals surface area contributed by atoms with Crippen LogP contribution in [-0.2, 0) is 31.3 Å². The molecule has 0 spiro atoms. The Balaban J connectivity index is 0.00000176. The predicted octanol–water partition coefficient (Wildman–Crippen LogP) is 5.99. The molecule has 0 aliphatic rings. The van der Waals surface area contributed by atoms with Crippen LogP contribution in [0.4, 0.5) is 0 Å². The number of halogens is 1. The van der Waals surface area contributed by atoms with Gasteiger partial charge in [0.2, 0.25) is 0 Å². The zero-order chi connectivity index (χ0) is 20.8. The van der Waals surface area contributed by atoms with Crippen molar-refractivity contribution in [2.75, 3.05) is 0 Å². The number of nitrogens with zero attached hydrogens (tertiary/aromatic N) is 1. The van der Waals surface area contributed by atoms with E-state index in [0.717, 1.165) is 10.9 Å². The molecule has 0 aliphatic carbocycles. The Bertz CT molecular complexity index is 751. The van der Waals surface area contributed by atoms with Crippen LogP contribution in [0.25, 0.3) is 5.32 Å². The minimum absolute atomic E-state index is 0.0406. The van der Waals surface area contributed by atoms with Gasteiger partial charge in [0.1, 0.15) is 5.75 Å². The van der Waals surface area contributed by atoms with E-state index >= 15 is 0 Å². The van der Waals surface area contributed by atoms with Gasteiger partial charge in [0, 0.05) is 10.9 Å². The molecule has 2 aromatic rings. The molecule has 0 aromatic heterocycles. The van der Waals surface area contributed by atoms with Crippen molar-refractivity contribution in [3.8, 4) is 5.75 Å². The molecular formula is C22H31ClNOPTi. The van der Waals surface area contributed by atoms with Gasteiger partial charge >= 0.3 is 28.7 Å². The Morgan fingerprint density at radius 3 is 2.15 bits per heavy atom. The van der Waals surface area contributed by atoms with Crippen LogP contribution in [0.2, 0.25) is 0 Å². The summed E-state index contributed by atoms with van der Waals surface area (Å²) in [6, 6.07) is 12.7. The van der Waals surface area contributed by atoms with E-state index in [2.05, 4.69) is 94.2 Å². The van der Waals surface area contributed by atoms with Gasteiger partial charge in [-0.1, -0.05) is 86.0 Å². The summed E-state index contributed by atoms with van der Waals surface area (Å²) < 4.78 is 0. The molecule has 0 saturated heterocycles. The van der Waals surface area contributed by atoms with E-state index in [1.165, 1.54) is 35.8 Å². The third-order valence-corrected chi connectivity index (χ3v) is 5.48. The molecule has 2 rings (SSSR count). The second-order valence-electron chi connectivity index (χ2n) is 8.73. The van der Waals surface area contributed by atoms with E-state index in [1.54, 1.807) is 0 Å². The second-order valence-corrected chi connectivity index (χ2v) is 10.1. The third-order valence-electron chi connectivity index (χ3n) is 4.07. The molecule has 0 radical (unpaired) electrons. The molecule has 1 N–H and O–H groups in total. The number of aryl methyl sites for hydroxylation is 1. The van der Waals surface area contributed by atoms with Crippen molar-refractivity contribution < 1.29 is 24.5 Å². The van der Waals surface area contributed by atoms with E-state index in [9.17, 15) is 5.11 Å². The van der Waals surface area contributed by atoms with Gasteiger partial charge in [0.15, 0.2) is 0 Å². The molecule has 0 bridgehead atoms. The fourth-order valence-corrected chi connectivity index (χ4v) is 4.04. The maximum absolute atomic E-state index is 10.8. The Morgan fingerprint density at radius 2 is 1.59 bits per heavy atom. The first-order chi connectivity index (χ1) is 12.5. The van der Waals surface area contributed by atoms with Crippen molar-refractivity contribution in [2.24, 2.45) is 0 Å². The first kappa shape index (κ1) is 24.7. The number of aromatic hydroxyl groups is 1. The van der Waals surface area contributed by atoms with Gasteiger partial charge in [-0.3, -0.25) is 0 Å². The van der Waals surface area contributed by atoms with E-state index < -0.39 is 0 Å². The summed E-state index contributed by atoms with van der Waals surface area (Å²) >= 11 is 1.47. The molecular weight excluding hydrogens is 409 g/mol. The van der Waals surface area contributed by atoms with E-state index in [0.29, 0.717) is 20.9 Å². The molecule has 1 unspecified atom stereocenters. The van der Waals surface area contributed by atoms with E-state index in [-0.39, 0.29) is 11.0 Å². The number of phenols is 1. The van der Waals surface area contributed by atoms with Crippen LogP contribution in [0.5, 0.6) is 5.75 Å². The second kappa shape index (κ2) is 10.4. The predicted molar refractivity (Wildman–Crippen MR) is 118 cm³/mol. The normalized spacial score (nSPS) is 12.1. The molecule has 2 aromatic carbocycles. The molecule has 1 atom stereocenters. The minimum atomic E-state index is -0.0730. The fraction of sp³-hybridized carbons (Fsp3) is 0.455. The summed E-state index contributed by atoms with van der Waals surface area (Å²) in [4.78, 5) is 0. The number of hydrogen-bond donors (Lipinski definition) is 1. The van der Waals surface area contributed by atoms with Crippen LogP contribution in [0, 0.1) is 6.92 Å². The SMILES string of the molecule is Cc1cc(Pc2ccccc2C[N-]C(C)(C)C)c(O)c(C(C)(C)C)c1.[Cl][Ti+]. The van der Waals surface area contributed by atoms with Crippen molar-refractivity contribution in [3.63, 3.8) is 0 Å². The Hall–Kier alpha value is -0.366. The van der Waals surface area contributed by atoms with Crippen LogP contribution < -0.4 is 10.6 Å². The summed E-state index contributed by atoms with van der Waals surface area (Å²) in [7, 11) is 5.07. The summed E-state index contributed by atoms with van der Waals surface area (Å²) in [6.45, 7) is 15.6. The Morgan fingerprint density at radius 1 is 1.00 bits per heavy atom. The van der Waals surface area contributed by atoms with Gasteiger partial charge in [0.05, 0.1) is 0 Å². The van der Waals surface area contributed by atoms with Crippen LogP contribution in [0.1, 0.15) is 58.2 Å². The zero-order valence-electron chi connectivity index (χ0n) is 17.4. The molecule has 146 valence electrons. The van der Waals surface area contributed by atoms with Crippen LogP contribution in [0.15, 0.2) is 36.4 Å². The zero-order valence-corrected chi connectivity index (χ0v) is 20.8. The molecule has 0 saturated carbocycles. The van der Waals surface area contributed by atoms with Crippen LogP contribution in [-0.4, -0.2) is 10.6 Å². The third kappa shape index (κ3) is 7.88. The van der Waals surface area contributed by atoms with Gasteiger partial charge in [-0.2, -0.15) is 0 Å². The van der Waals surface area contributed by atoms with Gasteiger partial charge in [-0.05, 0) is 29.3 Å². The molecule has 0 fully saturated rings. The molecule has 0 heterocycles. The topological polar surface area (TPSA) is 34.3 Å². The average Bonchev–Trinajstić information content (AvgIpc) is 2.57. The Kier molecular flexibility index (Phi) is 9.52. The summed E-state index contributed by atoms with van der Waals surface area (Å²) in [5.41, 5.74) is 3.35. The Labute approximate surface area is 182 Å². The monoisotopic (exact) mass is 439 g/mol. The van der Waals surface area contributed by atoms with Crippen molar-refractivity contribution in [1.29, 1.82) is 0 Å². The summed E-state index contributed by atoms with van der Waals surface area (Å²) in [6.07, 6.45) is 0. The molecule has 27 heavy (non-hydrogen) atoms. The standard InChI is InChI=1S/C22H31NOP.ClH.Ti/c1-15-12-17(21(2,3)4)20(24)19(13-15)25-18-11-9-8-10-16(18)14-23-22(5,6)7;;/h8-13,24-25H,14H2,1-7H3;1H;/q-1;;+2/p-1. The molecule has 0 amide bonds. The fourth-order valence-electron chi connectivity index (χ4n) is 2.69. The van der Waals surface area contributed by atoms with Gasteiger partial charge < -0.3 is 10.4 Å². The van der Waals surface area contributed by atoms with E-state index in [1.807, 2.05) is 0 Å². The first-order valence-electron chi connectivity index (χ1n) is 9.04. The number of hydrogen-bond acceptors (Lipinski definition) is 1. The number of phenolic OH excluding ortho intramolecular Hbond substituents is 1.